The van der Waals surface area contributed by atoms with Gasteiger partial charge in [-0.1, -0.05) is 12.1 Å². The Morgan fingerprint density at radius 2 is 1.96 bits per heavy atom. The van der Waals surface area contributed by atoms with Crippen LogP contribution in [0.5, 0.6) is 5.75 Å². The number of aromatic hydroxyl groups is 1. The normalized spacial score (nSPS) is 11.1. The molecule has 2 aromatic heterocycles. The number of thiazole rings is 1. The van der Waals surface area contributed by atoms with Crippen molar-refractivity contribution < 1.29 is 9.90 Å². The fourth-order valence-electron chi connectivity index (χ4n) is 2.57. The summed E-state index contributed by atoms with van der Waals surface area (Å²) in [6.07, 6.45) is 0.265. The average molecular weight is 323 g/mol. The number of carbonyl (C=O) groups is 1. The molecule has 0 aliphatic carbocycles. The number of benzene rings is 2. The molecule has 0 aliphatic rings. The molecule has 5 nitrogen and oxygen atoms in total. The van der Waals surface area contributed by atoms with Crippen molar-refractivity contribution in [1.29, 1.82) is 0 Å². The maximum Gasteiger partial charge on any atom is 0.230 e. The van der Waals surface area contributed by atoms with E-state index in [0.717, 1.165) is 21.7 Å². The second-order valence-electron chi connectivity index (χ2n) is 5.22. The Hall–Kier alpha value is -2.86. The number of aromatic nitrogens is 2. The number of hydrogen-bond donors (Lipinski definition) is 2. The molecule has 0 radical (unpaired) electrons. The van der Waals surface area contributed by atoms with Crippen LogP contribution in [-0.4, -0.2) is 20.4 Å². The van der Waals surface area contributed by atoms with Crippen molar-refractivity contribution in [2.24, 2.45) is 0 Å². The van der Waals surface area contributed by atoms with Gasteiger partial charge in [0.25, 0.3) is 0 Å². The molecule has 0 aliphatic heterocycles. The van der Waals surface area contributed by atoms with E-state index in [1.54, 1.807) is 24.3 Å². The van der Waals surface area contributed by atoms with E-state index in [1.165, 1.54) is 11.3 Å². The van der Waals surface area contributed by atoms with E-state index in [-0.39, 0.29) is 18.1 Å². The Morgan fingerprint density at radius 1 is 1.17 bits per heavy atom. The molecule has 0 bridgehead atoms. The third-order valence-electron chi connectivity index (χ3n) is 3.61. The molecule has 23 heavy (non-hydrogen) atoms. The molecule has 0 atom stereocenters. The molecule has 0 fully saturated rings. The fourth-order valence-corrected chi connectivity index (χ4v) is 3.47. The predicted molar refractivity (Wildman–Crippen MR) is 91.0 cm³/mol. The van der Waals surface area contributed by atoms with Gasteiger partial charge in [0.2, 0.25) is 5.91 Å². The zero-order chi connectivity index (χ0) is 15.8. The van der Waals surface area contributed by atoms with Gasteiger partial charge in [-0.05, 0) is 36.4 Å². The highest BCUT2D eigenvalue weighted by Gasteiger charge is 2.13. The summed E-state index contributed by atoms with van der Waals surface area (Å²) in [5.41, 5.74) is 3.51. The van der Waals surface area contributed by atoms with E-state index in [0.29, 0.717) is 5.69 Å². The molecule has 114 valence electrons. The standard InChI is InChI=1S/C17H13N3O2S/c21-13-7-5-11(6-8-13)18-16(22)9-12-10-23-17-19-14-3-1-2-4-15(14)20(12)17/h1-8,10,21H,9H2,(H,18,22). The molecular formula is C17H13N3O2S. The van der Waals surface area contributed by atoms with Crippen LogP contribution in [0.1, 0.15) is 5.69 Å². The van der Waals surface area contributed by atoms with Gasteiger partial charge in [-0.15, -0.1) is 11.3 Å². The van der Waals surface area contributed by atoms with E-state index < -0.39 is 0 Å². The average Bonchev–Trinajstić information content (AvgIpc) is 3.09. The number of para-hydroxylation sites is 2. The summed E-state index contributed by atoms with van der Waals surface area (Å²) >= 11 is 1.53. The maximum absolute atomic E-state index is 12.3. The lowest BCUT2D eigenvalue weighted by Gasteiger charge is -2.05. The highest BCUT2D eigenvalue weighted by atomic mass is 32.1. The van der Waals surface area contributed by atoms with Gasteiger partial charge in [0.1, 0.15) is 5.75 Å². The summed E-state index contributed by atoms with van der Waals surface area (Å²) in [7, 11) is 0. The lowest BCUT2D eigenvalue weighted by molar-refractivity contribution is -0.115. The molecule has 0 saturated heterocycles. The first-order valence-corrected chi connectivity index (χ1v) is 8.01. The molecule has 0 saturated carbocycles. The van der Waals surface area contributed by atoms with Crippen LogP contribution in [0.25, 0.3) is 16.0 Å². The molecule has 2 aromatic carbocycles. The van der Waals surface area contributed by atoms with Gasteiger partial charge in [0, 0.05) is 16.8 Å². The molecule has 0 spiro atoms. The lowest BCUT2D eigenvalue weighted by atomic mass is 10.2. The van der Waals surface area contributed by atoms with Crippen molar-refractivity contribution in [3.05, 3.63) is 59.6 Å². The van der Waals surface area contributed by atoms with Crippen molar-refractivity contribution in [2.45, 2.75) is 6.42 Å². The van der Waals surface area contributed by atoms with E-state index in [4.69, 9.17) is 0 Å². The molecule has 0 unspecified atom stereocenters. The highest BCUT2D eigenvalue weighted by molar-refractivity contribution is 7.15. The Balaban J connectivity index is 1.62. The van der Waals surface area contributed by atoms with Crippen LogP contribution in [0.3, 0.4) is 0 Å². The number of hydrogen-bond acceptors (Lipinski definition) is 4. The van der Waals surface area contributed by atoms with E-state index >= 15 is 0 Å². The molecule has 1 amide bonds. The zero-order valence-electron chi connectivity index (χ0n) is 12.1. The number of imidazole rings is 1. The molecule has 6 heteroatoms. The zero-order valence-corrected chi connectivity index (χ0v) is 12.9. The van der Waals surface area contributed by atoms with Crippen LogP contribution in [0.2, 0.25) is 0 Å². The number of nitrogens with zero attached hydrogens (tertiary/aromatic N) is 2. The molecule has 2 heterocycles. The fraction of sp³-hybridized carbons (Fsp3) is 0.0588. The van der Waals surface area contributed by atoms with Crippen molar-refractivity contribution in [3.8, 4) is 5.75 Å². The van der Waals surface area contributed by atoms with E-state index in [1.807, 2.05) is 34.0 Å². The van der Waals surface area contributed by atoms with Crippen LogP contribution in [0, 0.1) is 0 Å². The van der Waals surface area contributed by atoms with Crippen molar-refractivity contribution in [2.75, 3.05) is 5.32 Å². The predicted octanol–water partition coefficient (Wildman–Crippen LogP) is 3.44. The number of rotatable bonds is 3. The first-order chi connectivity index (χ1) is 11.2. The second kappa shape index (κ2) is 5.40. The Kier molecular flexibility index (Phi) is 3.24. The first kappa shape index (κ1) is 13.8. The minimum atomic E-state index is -0.104. The number of nitrogens with one attached hydrogen (secondary N) is 1. The third kappa shape index (κ3) is 2.53. The summed E-state index contributed by atoms with van der Waals surface area (Å²) in [5.74, 6) is 0.0700. The monoisotopic (exact) mass is 323 g/mol. The minimum Gasteiger partial charge on any atom is -0.508 e. The van der Waals surface area contributed by atoms with Crippen LogP contribution < -0.4 is 5.32 Å². The quantitative estimate of drug-likeness (QED) is 0.568. The van der Waals surface area contributed by atoms with Gasteiger partial charge in [-0.3, -0.25) is 9.20 Å². The SMILES string of the molecule is O=C(Cc1csc2nc3ccccc3n12)Nc1ccc(O)cc1. The Morgan fingerprint density at radius 3 is 2.78 bits per heavy atom. The summed E-state index contributed by atoms with van der Waals surface area (Å²) in [6.45, 7) is 0. The lowest BCUT2D eigenvalue weighted by Crippen LogP contribution is -2.15. The van der Waals surface area contributed by atoms with E-state index in [9.17, 15) is 9.90 Å². The smallest absolute Gasteiger partial charge is 0.230 e. The molecular weight excluding hydrogens is 310 g/mol. The maximum atomic E-state index is 12.3. The largest absolute Gasteiger partial charge is 0.508 e. The van der Waals surface area contributed by atoms with Crippen LogP contribution in [0.4, 0.5) is 5.69 Å². The molecule has 2 N–H and O–H groups in total. The number of amides is 1. The van der Waals surface area contributed by atoms with Gasteiger partial charge < -0.3 is 10.4 Å². The number of anilines is 1. The highest BCUT2D eigenvalue weighted by Crippen LogP contribution is 2.24. The number of phenols is 1. The van der Waals surface area contributed by atoms with Gasteiger partial charge in [-0.2, -0.15) is 0 Å². The number of fused-ring (bicyclic) bond motifs is 3. The molecule has 4 rings (SSSR count). The van der Waals surface area contributed by atoms with Crippen LogP contribution in [0.15, 0.2) is 53.9 Å². The summed E-state index contributed by atoms with van der Waals surface area (Å²) in [4.78, 5) is 17.7. The minimum absolute atomic E-state index is 0.104. The van der Waals surface area contributed by atoms with Crippen molar-refractivity contribution in [3.63, 3.8) is 0 Å². The summed E-state index contributed by atoms with van der Waals surface area (Å²) in [5, 5.41) is 14.1. The third-order valence-corrected chi connectivity index (χ3v) is 4.48. The van der Waals surface area contributed by atoms with Crippen LogP contribution in [-0.2, 0) is 11.2 Å². The molecule has 4 aromatic rings. The summed E-state index contributed by atoms with van der Waals surface area (Å²) < 4.78 is 2.02. The van der Waals surface area contributed by atoms with Gasteiger partial charge in [0.05, 0.1) is 17.5 Å². The van der Waals surface area contributed by atoms with E-state index in [2.05, 4.69) is 10.3 Å². The number of carbonyl (C=O) groups excluding carboxylic acids is 1. The van der Waals surface area contributed by atoms with Crippen molar-refractivity contribution in [1.82, 2.24) is 9.38 Å². The second-order valence-corrected chi connectivity index (χ2v) is 6.05. The van der Waals surface area contributed by atoms with Crippen LogP contribution >= 0.6 is 11.3 Å². The number of phenolic OH excluding ortho intramolecular Hbond substituents is 1. The van der Waals surface area contributed by atoms with Gasteiger partial charge >= 0.3 is 0 Å². The Bertz CT molecular complexity index is 1000. The van der Waals surface area contributed by atoms with Gasteiger partial charge in [-0.25, -0.2) is 4.98 Å². The first-order valence-electron chi connectivity index (χ1n) is 7.13. The van der Waals surface area contributed by atoms with Gasteiger partial charge in [0.15, 0.2) is 4.96 Å². The Labute approximate surface area is 135 Å². The topological polar surface area (TPSA) is 66.6 Å². The van der Waals surface area contributed by atoms with Crippen molar-refractivity contribution >= 4 is 38.9 Å². The summed E-state index contributed by atoms with van der Waals surface area (Å²) in [6, 6.07) is 14.3.